The maximum atomic E-state index is 5.67. The third-order valence-electron chi connectivity index (χ3n) is 3.05. The minimum Gasteiger partial charge on any atom is -0.330 e. The molecule has 0 bridgehead atoms. The van der Waals surface area contributed by atoms with Gasteiger partial charge in [-0.15, -0.1) is 0 Å². The molecule has 0 aliphatic carbocycles. The van der Waals surface area contributed by atoms with Crippen LogP contribution in [0.2, 0.25) is 0 Å². The van der Waals surface area contributed by atoms with E-state index in [2.05, 4.69) is 37.6 Å². The zero-order valence-corrected chi connectivity index (χ0v) is 10.1. The van der Waals surface area contributed by atoms with Crippen molar-refractivity contribution in [3.8, 4) is 0 Å². The van der Waals surface area contributed by atoms with Gasteiger partial charge >= 0.3 is 0 Å². The molecular formula is C11H25N3. The average molecular weight is 199 g/mol. The van der Waals surface area contributed by atoms with Crippen molar-refractivity contribution in [2.24, 2.45) is 5.73 Å². The first kappa shape index (κ1) is 12.0. The lowest BCUT2D eigenvalue weighted by Crippen LogP contribution is -2.58. The molecule has 84 valence electrons. The molecule has 14 heavy (non-hydrogen) atoms. The summed E-state index contributed by atoms with van der Waals surface area (Å²) in [5.41, 5.74) is 5.94. The molecule has 0 aromatic rings. The van der Waals surface area contributed by atoms with Crippen LogP contribution < -0.4 is 5.73 Å². The van der Waals surface area contributed by atoms with Crippen LogP contribution in [0.4, 0.5) is 0 Å². The second kappa shape index (κ2) is 4.60. The number of nitrogens with zero attached hydrogens (tertiary/aromatic N) is 2. The molecule has 0 aromatic carbocycles. The molecule has 0 amide bonds. The Kier molecular flexibility index (Phi) is 3.93. The van der Waals surface area contributed by atoms with Crippen LogP contribution in [-0.4, -0.2) is 54.6 Å². The van der Waals surface area contributed by atoms with Crippen molar-refractivity contribution in [1.82, 2.24) is 9.80 Å². The van der Waals surface area contributed by atoms with Gasteiger partial charge in [-0.3, -0.25) is 4.90 Å². The highest BCUT2D eigenvalue weighted by molar-refractivity contribution is 4.88. The molecule has 1 saturated heterocycles. The Balaban J connectivity index is 2.62. The fourth-order valence-corrected chi connectivity index (χ4v) is 2.33. The number of hydrogen-bond acceptors (Lipinski definition) is 3. The summed E-state index contributed by atoms with van der Waals surface area (Å²) < 4.78 is 0. The maximum Gasteiger partial charge on any atom is 0.0240 e. The highest BCUT2D eigenvalue weighted by atomic mass is 15.3. The van der Waals surface area contributed by atoms with Crippen molar-refractivity contribution >= 4 is 0 Å². The molecule has 1 atom stereocenters. The number of piperazine rings is 1. The fourth-order valence-electron chi connectivity index (χ4n) is 2.33. The van der Waals surface area contributed by atoms with E-state index in [1.807, 2.05) is 0 Å². The SMILES string of the molecule is CN1CCN(C(C)(C)C)C(CCN)C1. The molecule has 0 saturated carbocycles. The Morgan fingerprint density at radius 2 is 1.93 bits per heavy atom. The zero-order chi connectivity index (χ0) is 10.8. The van der Waals surface area contributed by atoms with Gasteiger partial charge in [0.15, 0.2) is 0 Å². The van der Waals surface area contributed by atoms with Gasteiger partial charge in [-0.1, -0.05) is 0 Å². The Hall–Kier alpha value is -0.120. The largest absolute Gasteiger partial charge is 0.330 e. The molecule has 1 heterocycles. The number of nitrogens with two attached hydrogens (primary N) is 1. The van der Waals surface area contributed by atoms with Crippen molar-refractivity contribution in [1.29, 1.82) is 0 Å². The lowest BCUT2D eigenvalue weighted by molar-refractivity contribution is 0.0164. The average Bonchev–Trinajstić information content (AvgIpc) is 2.02. The summed E-state index contributed by atoms with van der Waals surface area (Å²) in [7, 11) is 2.20. The van der Waals surface area contributed by atoms with Gasteiger partial charge < -0.3 is 10.6 Å². The molecule has 0 spiro atoms. The van der Waals surface area contributed by atoms with E-state index in [9.17, 15) is 0 Å². The van der Waals surface area contributed by atoms with Crippen molar-refractivity contribution < 1.29 is 0 Å². The summed E-state index contributed by atoms with van der Waals surface area (Å²) in [6.07, 6.45) is 1.11. The molecule has 0 radical (unpaired) electrons. The van der Waals surface area contributed by atoms with E-state index in [4.69, 9.17) is 5.73 Å². The van der Waals surface area contributed by atoms with E-state index >= 15 is 0 Å². The van der Waals surface area contributed by atoms with Crippen LogP contribution in [0.25, 0.3) is 0 Å². The minimum absolute atomic E-state index is 0.279. The van der Waals surface area contributed by atoms with Crippen LogP contribution in [0.3, 0.4) is 0 Å². The first-order valence-corrected chi connectivity index (χ1v) is 5.60. The molecule has 3 nitrogen and oxygen atoms in total. The highest BCUT2D eigenvalue weighted by Gasteiger charge is 2.31. The van der Waals surface area contributed by atoms with Crippen LogP contribution in [0, 0.1) is 0 Å². The maximum absolute atomic E-state index is 5.67. The van der Waals surface area contributed by atoms with Gasteiger partial charge in [0.2, 0.25) is 0 Å². The monoisotopic (exact) mass is 199 g/mol. The molecule has 2 N–H and O–H groups in total. The van der Waals surface area contributed by atoms with E-state index in [-0.39, 0.29) is 5.54 Å². The second-order valence-electron chi connectivity index (χ2n) is 5.36. The van der Waals surface area contributed by atoms with Gasteiger partial charge in [0.05, 0.1) is 0 Å². The van der Waals surface area contributed by atoms with Gasteiger partial charge in [-0.05, 0) is 40.8 Å². The van der Waals surface area contributed by atoms with Gasteiger partial charge in [0.1, 0.15) is 0 Å². The Morgan fingerprint density at radius 1 is 1.29 bits per heavy atom. The predicted octanol–water partition coefficient (Wildman–Crippen LogP) is 0.750. The van der Waals surface area contributed by atoms with Crippen molar-refractivity contribution in [3.63, 3.8) is 0 Å². The van der Waals surface area contributed by atoms with E-state index < -0.39 is 0 Å². The van der Waals surface area contributed by atoms with Gasteiger partial charge in [0.25, 0.3) is 0 Å². The molecule has 1 unspecified atom stereocenters. The van der Waals surface area contributed by atoms with Crippen molar-refractivity contribution in [2.45, 2.75) is 38.8 Å². The third-order valence-corrected chi connectivity index (χ3v) is 3.05. The molecule has 1 aliphatic rings. The lowest BCUT2D eigenvalue weighted by atomic mass is 9.98. The Bertz CT molecular complexity index is 174. The topological polar surface area (TPSA) is 32.5 Å². The summed E-state index contributed by atoms with van der Waals surface area (Å²) in [4.78, 5) is 5.00. The van der Waals surface area contributed by atoms with E-state index in [0.29, 0.717) is 6.04 Å². The van der Waals surface area contributed by atoms with Crippen LogP contribution in [0.5, 0.6) is 0 Å². The summed E-state index contributed by atoms with van der Waals surface area (Å²) in [6, 6.07) is 0.638. The second-order valence-corrected chi connectivity index (χ2v) is 5.36. The number of hydrogen-bond donors (Lipinski definition) is 1. The van der Waals surface area contributed by atoms with Crippen LogP contribution >= 0.6 is 0 Å². The standard InChI is InChI=1S/C11H25N3/c1-11(2,3)14-8-7-13(4)9-10(14)5-6-12/h10H,5-9,12H2,1-4H3. The van der Waals surface area contributed by atoms with E-state index in [0.717, 1.165) is 19.5 Å². The van der Waals surface area contributed by atoms with Gasteiger partial charge in [-0.2, -0.15) is 0 Å². The molecule has 0 aromatic heterocycles. The number of rotatable bonds is 2. The van der Waals surface area contributed by atoms with Crippen molar-refractivity contribution in [3.05, 3.63) is 0 Å². The van der Waals surface area contributed by atoms with Crippen LogP contribution in [-0.2, 0) is 0 Å². The van der Waals surface area contributed by atoms with Gasteiger partial charge in [0, 0.05) is 31.2 Å². The molecule has 1 aliphatic heterocycles. The van der Waals surface area contributed by atoms with Gasteiger partial charge in [-0.25, -0.2) is 0 Å². The third kappa shape index (κ3) is 2.94. The molecule has 1 fully saturated rings. The first-order valence-electron chi connectivity index (χ1n) is 5.60. The van der Waals surface area contributed by atoms with Crippen LogP contribution in [0.1, 0.15) is 27.2 Å². The Morgan fingerprint density at radius 3 is 2.43 bits per heavy atom. The fraction of sp³-hybridized carbons (Fsp3) is 1.00. The predicted molar refractivity (Wildman–Crippen MR) is 61.4 cm³/mol. The quantitative estimate of drug-likeness (QED) is 0.712. The summed E-state index contributed by atoms with van der Waals surface area (Å²) in [5, 5.41) is 0. The zero-order valence-electron chi connectivity index (χ0n) is 10.1. The summed E-state index contributed by atoms with van der Waals surface area (Å²) in [6.45, 7) is 11.2. The highest BCUT2D eigenvalue weighted by Crippen LogP contribution is 2.21. The lowest BCUT2D eigenvalue weighted by Gasteiger charge is -2.47. The summed E-state index contributed by atoms with van der Waals surface area (Å²) >= 11 is 0. The first-order chi connectivity index (χ1) is 6.45. The minimum atomic E-state index is 0.279. The van der Waals surface area contributed by atoms with E-state index in [1.54, 1.807) is 0 Å². The van der Waals surface area contributed by atoms with Crippen molar-refractivity contribution in [2.75, 3.05) is 33.2 Å². The Labute approximate surface area is 88.2 Å². The molecular weight excluding hydrogens is 174 g/mol. The molecule has 1 rings (SSSR count). The molecule has 3 heteroatoms. The number of likely N-dealkylation sites (N-methyl/N-ethyl adjacent to an activating group) is 1. The summed E-state index contributed by atoms with van der Waals surface area (Å²) in [5.74, 6) is 0. The van der Waals surface area contributed by atoms with E-state index in [1.165, 1.54) is 13.1 Å². The normalized spacial score (nSPS) is 26.8. The van der Waals surface area contributed by atoms with Crippen LogP contribution in [0.15, 0.2) is 0 Å². The smallest absolute Gasteiger partial charge is 0.0240 e.